The fourth-order valence-electron chi connectivity index (χ4n) is 1.43. The van der Waals surface area contributed by atoms with E-state index in [0.717, 1.165) is 32.2 Å². The van der Waals surface area contributed by atoms with Crippen molar-refractivity contribution in [3.8, 4) is 0 Å². The van der Waals surface area contributed by atoms with Gasteiger partial charge in [0.15, 0.2) is 0 Å². The highest BCUT2D eigenvalue weighted by Crippen LogP contribution is 2.04. The Balaban J connectivity index is 3.73. The Bertz CT molecular complexity index is 134. The highest BCUT2D eigenvalue weighted by Gasteiger charge is 2.13. The average Bonchev–Trinajstić information content (AvgIpc) is 2.30. The Hall–Kier alpha value is 0.0169. The zero-order valence-electron chi connectivity index (χ0n) is 11.6. The van der Waals surface area contributed by atoms with Gasteiger partial charge in [-0.05, 0) is 40.2 Å². The van der Waals surface area contributed by atoms with Gasteiger partial charge in [-0.3, -0.25) is 9.68 Å². The molecule has 0 radical (unpaired) electrons. The molecule has 6 heteroatoms. The average molecular weight is 265 g/mol. The standard InChI is InChI=1S/C11H27NO4Si/c1-5-13-12(14-6-2)10-9-11-17(15-7-3)16-8-4/h17H,5-11H2,1-4H3. The van der Waals surface area contributed by atoms with Crippen LogP contribution in [0.3, 0.4) is 0 Å². The van der Waals surface area contributed by atoms with Gasteiger partial charge in [0.1, 0.15) is 0 Å². The van der Waals surface area contributed by atoms with Crippen molar-refractivity contribution in [2.45, 2.75) is 40.2 Å². The number of hydroxylamine groups is 2. The summed E-state index contributed by atoms with van der Waals surface area (Å²) in [6.45, 7) is 11.4. The van der Waals surface area contributed by atoms with Crippen LogP contribution in [0.25, 0.3) is 0 Å². The first-order valence-electron chi connectivity index (χ1n) is 6.54. The quantitative estimate of drug-likeness (QED) is 0.398. The van der Waals surface area contributed by atoms with E-state index in [2.05, 4.69) is 0 Å². The van der Waals surface area contributed by atoms with Gasteiger partial charge in [-0.15, -0.1) is 0 Å². The monoisotopic (exact) mass is 265 g/mol. The van der Waals surface area contributed by atoms with Gasteiger partial charge in [-0.25, -0.2) is 0 Å². The lowest BCUT2D eigenvalue weighted by atomic mass is 10.5. The van der Waals surface area contributed by atoms with Gasteiger partial charge in [0.05, 0.1) is 19.8 Å². The van der Waals surface area contributed by atoms with Crippen LogP contribution < -0.4 is 0 Å². The van der Waals surface area contributed by atoms with Crippen molar-refractivity contribution in [1.29, 1.82) is 0 Å². The van der Waals surface area contributed by atoms with Crippen LogP contribution in [0.1, 0.15) is 34.1 Å². The SMILES string of the molecule is CCON(CCC[SiH](OCC)OCC)OCC. The second-order valence-corrected chi connectivity index (χ2v) is 5.48. The van der Waals surface area contributed by atoms with Crippen LogP contribution in [0, 0.1) is 0 Å². The topological polar surface area (TPSA) is 40.2 Å². The molecule has 0 aromatic heterocycles. The molecule has 0 bridgehead atoms. The minimum Gasteiger partial charge on any atom is -0.397 e. The van der Waals surface area contributed by atoms with E-state index in [1.54, 1.807) is 5.23 Å². The summed E-state index contributed by atoms with van der Waals surface area (Å²) >= 11 is 0. The number of hydrogen-bond donors (Lipinski definition) is 0. The van der Waals surface area contributed by atoms with Gasteiger partial charge in [0.25, 0.3) is 0 Å². The Kier molecular flexibility index (Phi) is 12.5. The summed E-state index contributed by atoms with van der Waals surface area (Å²) in [5.74, 6) is 0. The van der Waals surface area contributed by atoms with E-state index >= 15 is 0 Å². The molecule has 0 aliphatic carbocycles. The third-order valence-electron chi connectivity index (χ3n) is 2.03. The Labute approximate surface area is 107 Å². The molecule has 0 saturated carbocycles. The van der Waals surface area contributed by atoms with Crippen LogP contribution >= 0.6 is 0 Å². The molecule has 0 rings (SSSR count). The van der Waals surface area contributed by atoms with Crippen molar-refractivity contribution < 1.29 is 18.5 Å². The first kappa shape index (κ1) is 17.0. The second-order valence-electron chi connectivity index (χ2n) is 3.37. The molecular weight excluding hydrogens is 238 g/mol. The summed E-state index contributed by atoms with van der Waals surface area (Å²) < 4.78 is 11.2. The first-order chi connectivity index (χ1) is 8.28. The predicted octanol–water partition coefficient (Wildman–Crippen LogP) is 1.88. The molecule has 0 aliphatic heterocycles. The number of rotatable bonds is 12. The van der Waals surface area contributed by atoms with Gasteiger partial charge in [-0.1, -0.05) is 5.23 Å². The molecule has 0 saturated heterocycles. The third kappa shape index (κ3) is 9.69. The van der Waals surface area contributed by atoms with Crippen LogP contribution in [0.5, 0.6) is 0 Å². The molecule has 0 amide bonds. The molecule has 0 aliphatic rings. The summed E-state index contributed by atoms with van der Waals surface area (Å²) in [7, 11) is -1.47. The summed E-state index contributed by atoms with van der Waals surface area (Å²) in [6, 6.07) is 0.984. The molecule has 0 unspecified atom stereocenters. The summed E-state index contributed by atoms with van der Waals surface area (Å²) in [5, 5.41) is 1.56. The van der Waals surface area contributed by atoms with Gasteiger partial charge < -0.3 is 8.85 Å². The maximum absolute atomic E-state index is 5.60. The molecule has 0 spiro atoms. The van der Waals surface area contributed by atoms with Crippen LogP contribution in [-0.4, -0.2) is 47.5 Å². The smallest absolute Gasteiger partial charge is 0.321 e. The molecule has 0 fully saturated rings. The maximum Gasteiger partial charge on any atom is 0.321 e. The van der Waals surface area contributed by atoms with Crippen molar-refractivity contribution in [2.75, 3.05) is 33.0 Å². The van der Waals surface area contributed by atoms with E-state index in [1.807, 2.05) is 27.7 Å². The Morgan fingerprint density at radius 2 is 1.35 bits per heavy atom. The normalized spacial score (nSPS) is 11.6. The number of nitrogens with zero attached hydrogens (tertiary/aromatic N) is 1. The largest absolute Gasteiger partial charge is 0.397 e. The highest BCUT2D eigenvalue weighted by molar-refractivity contribution is 6.44. The zero-order valence-corrected chi connectivity index (χ0v) is 12.8. The molecule has 0 aromatic rings. The van der Waals surface area contributed by atoms with E-state index in [1.165, 1.54) is 0 Å². The third-order valence-corrected chi connectivity index (χ3v) is 4.32. The van der Waals surface area contributed by atoms with Crippen molar-refractivity contribution in [3.63, 3.8) is 0 Å². The van der Waals surface area contributed by atoms with Crippen LogP contribution in [-0.2, 0) is 18.5 Å². The van der Waals surface area contributed by atoms with Gasteiger partial charge in [-0.2, -0.15) is 0 Å². The molecule has 104 valence electrons. The van der Waals surface area contributed by atoms with E-state index in [-0.39, 0.29) is 0 Å². The summed E-state index contributed by atoms with van der Waals surface area (Å²) in [6.07, 6.45) is 0.969. The summed E-state index contributed by atoms with van der Waals surface area (Å²) in [4.78, 5) is 10.7. The van der Waals surface area contributed by atoms with Crippen LogP contribution in [0.2, 0.25) is 6.04 Å². The van der Waals surface area contributed by atoms with E-state index in [4.69, 9.17) is 18.5 Å². The van der Waals surface area contributed by atoms with E-state index < -0.39 is 9.28 Å². The predicted molar refractivity (Wildman–Crippen MR) is 69.8 cm³/mol. The number of hydrogen-bond acceptors (Lipinski definition) is 5. The molecule has 0 heterocycles. The van der Waals surface area contributed by atoms with Crippen molar-refractivity contribution >= 4 is 9.28 Å². The molecule has 0 atom stereocenters. The fraction of sp³-hybridized carbons (Fsp3) is 1.00. The van der Waals surface area contributed by atoms with E-state index in [9.17, 15) is 0 Å². The van der Waals surface area contributed by atoms with Crippen LogP contribution in [0.15, 0.2) is 0 Å². The van der Waals surface area contributed by atoms with E-state index in [0.29, 0.717) is 13.2 Å². The highest BCUT2D eigenvalue weighted by atomic mass is 28.3. The minimum atomic E-state index is -1.47. The Morgan fingerprint density at radius 3 is 1.76 bits per heavy atom. The zero-order chi connectivity index (χ0) is 12.9. The molecular formula is C11H27NO4Si. The maximum atomic E-state index is 5.60. The van der Waals surface area contributed by atoms with Gasteiger partial charge >= 0.3 is 9.28 Å². The fourth-order valence-corrected chi connectivity index (χ4v) is 3.12. The lowest BCUT2D eigenvalue weighted by Gasteiger charge is -2.20. The lowest BCUT2D eigenvalue weighted by Crippen LogP contribution is -2.28. The van der Waals surface area contributed by atoms with Crippen LogP contribution in [0.4, 0.5) is 0 Å². The van der Waals surface area contributed by atoms with Gasteiger partial charge in [0, 0.05) is 13.2 Å². The molecule has 0 N–H and O–H groups in total. The van der Waals surface area contributed by atoms with Crippen molar-refractivity contribution in [2.24, 2.45) is 0 Å². The molecule has 5 nitrogen and oxygen atoms in total. The lowest BCUT2D eigenvalue weighted by molar-refractivity contribution is -0.364. The van der Waals surface area contributed by atoms with Gasteiger partial charge in [0.2, 0.25) is 0 Å². The molecule has 17 heavy (non-hydrogen) atoms. The minimum absolute atomic E-state index is 0.623. The van der Waals surface area contributed by atoms with Crippen molar-refractivity contribution in [3.05, 3.63) is 0 Å². The summed E-state index contributed by atoms with van der Waals surface area (Å²) in [5.41, 5.74) is 0. The second kappa shape index (κ2) is 12.5. The molecule has 0 aromatic carbocycles. The Morgan fingerprint density at radius 1 is 0.824 bits per heavy atom. The van der Waals surface area contributed by atoms with Crippen molar-refractivity contribution in [1.82, 2.24) is 5.23 Å². The first-order valence-corrected chi connectivity index (χ1v) is 8.30.